The van der Waals surface area contributed by atoms with E-state index < -0.39 is 5.56 Å². The zero-order chi connectivity index (χ0) is 17.1. The van der Waals surface area contributed by atoms with Crippen molar-refractivity contribution in [2.75, 3.05) is 5.32 Å². The van der Waals surface area contributed by atoms with Gasteiger partial charge in [0.1, 0.15) is 11.6 Å². The molecule has 0 saturated carbocycles. The number of pyridine rings is 1. The molecule has 7 heteroatoms. The van der Waals surface area contributed by atoms with Crippen molar-refractivity contribution >= 4 is 11.8 Å². The third-order valence-corrected chi connectivity index (χ3v) is 3.93. The summed E-state index contributed by atoms with van der Waals surface area (Å²) in [5, 5.41) is 15.5. The van der Waals surface area contributed by atoms with Crippen LogP contribution in [0.5, 0.6) is 0 Å². The van der Waals surface area contributed by atoms with E-state index >= 15 is 0 Å². The molecule has 0 fully saturated rings. The molecule has 23 heavy (non-hydrogen) atoms. The second kappa shape index (κ2) is 6.48. The lowest BCUT2D eigenvalue weighted by atomic mass is 9.99. The largest absolute Gasteiger partial charge is 0.338 e. The Hall–Kier alpha value is -2.88. The molecule has 0 aliphatic carbocycles. The van der Waals surface area contributed by atoms with Crippen LogP contribution in [0.25, 0.3) is 0 Å². The first-order valence-electron chi connectivity index (χ1n) is 7.20. The van der Waals surface area contributed by atoms with Gasteiger partial charge in [-0.3, -0.25) is 14.9 Å². The van der Waals surface area contributed by atoms with E-state index in [2.05, 4.69) is 15.5 Å². The molecular formula is C16H18N4O3. The van der Waals surface area contributed by atoms with Gasteiger partial charge in [-0.25, -0.2) is 0 Å². The Morgan fingerprint density at radius 3 is 2.57 bits per heavy atom. The highest BCUT2D eigenvalue weighted by atomic mass is 16.5. The number of carbonyl (C=O) groups is 1. The minimum absolute atomic E-state index is 0.0905. The maximum absolute atomic E-state index is 12.1. The number of rotatable bonds is 4. The molecule has 0 radical (unpaired) electrons. The summed E-state index contributed by atoms with van der Waals surface area (Å²) in [5.74, 6) is 0.132. The Morgan fingerprint density at radius 1 is 1.30 bits per heavy atom. The van der Waals surface area contributed by atoms with Crippen molar-refractivity contribution in [3.63, 3.8) is 0 Å². The molecule has 0 bridgehead atoms. The highest BCUT2D eigenvalue weighted by Crippen LogP contribution is 2.19. The molecule has 2 rings (SSSR count). The molecule has 0 saturated heterocycles. The van der Waals surface area contributed by atoms with Crippen LogP contribution in [0.3, 0.4) is 0 Å². The lowest BCUT2D eigenvalue weighted by molar-refractivity contribution is -0.116. The second-order valence-electron chi connectivity index (χ2n) is 5.44. The zero-order valence-corrected chi connectivity index (χ0v) is 13.5. The molecule has 7 nitrogen and oxygen atoms in total. The number of anilines is 1. The predicted octanol–water partition coefficient (Wildman–Crippen LogP) is 2.04. The highest BCUT2D eigenvalue weighted by molar-refractivity contribution is 5.90. The van der Waals surface area contributed by atoms with Crippen LogP contribution >= 0.6 is 0 Å². The summed E-state index contributed by atoms with van der Waals surface area (Å²) in [5.41, 5.74) is 3.31. The number of H-pyrrole nitrogens is 1. The van der Waals surface area contributed by atoms with Gasteiger partial charge in [0, 0.05) is 17.7 Å². The zero-order valence-electron chi connectivity index (χ0n) is 13.5. The summed E-state index contributed by atoms with van der Waals surface area (Å²) < 4.78 is 5.04. The molecule has 0 aliphatic heterocycles. The number of aryl methyl sites for hydroxylation is 2. The average molecular weight is 314 g/mol. The van der Waals surface area contributed by atoms with Gasteiger partial charge < -0.3 is 9.51 Å². The van der Waals surface area contributed by atoms with Crippen LogP contribution in [0.1, 0.15) is 40.1 Å². The fourth-order valence-corrected chi connectivity index (χ4v) is 2.38. The van der Waals surface area contributed by atoms with E-state index in [1.165, 1.54) is 0 Å². The summed E-state index contributed by atoms with van der Waals surface area (Å²) in [7, 11) is 0. The third kappa shape index (κ3) is 3.31. The van der Waals surface area contributed by atoms with Crippen LogP contribution in [-0.2, 0) is 11.2 Å². The summed E-state index contributed by atoms with van der Waals surface area (Å²) in [4.78, 5) is 26.4. The first-order chi connectivity index (χ1) is 10.8. The standard InChI is InChI=1S/C16H18N4O3/c1-8-10(3)20-23-16(8)19-14(21)6-5-12-9(2)13(7-17)15(22)18-11(12)4/h5-6H2,1-4H3,(H,18,22)(H,19,21). The average Bonchev–Trinajstić information content (AvgIpc) is 2.79. The molecule has 2 aromatic heterocycles. The number of aromatic amines is 1. The molecule has 2 N–H and O–H groups in total. The lowest BCUT2D eigenvalue weighted by Gasteiger charge is -2.10. The van der Waals surface area contributed by atoms with E-state index in [-0.39, 0.29) is 17.9 Å². The smallest absolute Gasteiger partial charge is 0.266 e. The van der Waals surface area contributed by atoms with Crippen molar-refractivity contribution in [3.8, 4) is 6.07 Å². The molecule has 0 spiro atoms. The summed E-state index contributed by atoms with van der Waals surface area (Å²) in [6.07, 6.45) is 0.624. The number of hydrogen-bond acceptors (Lipinski definition) is 5. The number of nitrogens with one attached hydrogen (secondary N) is 2. The number of nitrogens with zero attached hydrogens (tertiary/aromatic N) is 2. The number of nitriles is 1. The van der Waals surface area contributed by atoms with E-state index in [4.69, 9.17) is 9.78 Å². The Balaban J connectivity index is 2.12. The predicted molar refractivity (Wildman–Crippen MR) is 84.2 cm³/mol. The van der Waals surface area contributed by atoms with Gasteiger partial charge >= 0.3 is 0 Å². The van der Waals surface area contributed by atoms with Crippen LogP contribution in [0.15, 0.2) is 9.32 Å². The number of carbonyl (C=O) groups excluding carboxylic acids is 1. The second-order valence-corrected chi connectivity index (χ2v) is 5.44. The normalized spacial score (nSPS) is 10.4. The topological polar surface area (TPSA) is 112 Å². The van der Waals surface area contributed by atoms with Crippen LogP contribution in [0.4, 0.5) is 5.88 Å². The quantitative estimate of drug-likeness (QED) is 0.897. The summed E-state index contributed by atoms with van der Waals surface area (Å²) in [6, 6.07) is 1.90. The van der Waals surface area contributed by atoms with Gasteiger partial charge in [-0.2, -0.15) is 5.26 Å². The van der Waals surface area contributed by atoms with E-state index in [9.17, 15) is 9.59 Å². The molecule has 0 aromatic carbocycles. The number of hydrogen-bond donors (Lipinski definition) is 2. The van der Waals surface area contributed by atoms with Crippen LogP contribution in [0.2, 0.25) is 0 Å². The molecular weight excluding hydrogens is 296 g/mol. The van der Waals surface area contributed by atoms with Gasteiger partial charge in [0.25, 0.3) is 5.56 Å². The van der Waals surface area contributed by atoms with Gasteiger partial charge in [-0.15, -0.1) is 0 Å². The van der Waals surface area contributed by atoms with Crippen LogP contribution in [0, 0.1) is 39.0 Å². The fourth-order valence-electron chi connectivity index (χ4n) is 2.38. The van der Waals surface area contributed by atoms with E-state index in [1.807, 2.05) is 13.0 Å². The molecule has 0 aliphatic rings. The van der Waals surface area contributed by atoms with Gasteiger partial charge in [0.05, 0.1) is 5.69 Å². The number of aromatic nitrogens is 2. The first kappa shape index (κ1) is 16.5. The van der Waals surface area contributed by atoms with Gasteiger partial charge in [0.15, 0.2) is 0 Å². The SMILES string of the molecule is Cc1noc(NC(=O)CCc2c(C)[nH]c(=O)c(C#N)c2C)c1C. The number of amides is 1. The Morgan fingerprint density at radius 2 is 2.00 bits per heavy atom. The van der Waals surface area contributed by atoms with Gasteiger partial charge in [0.2, 0.25) is 11.8 Å². The molecule has 1 amide bonds. The molecule has 0 atom stereocenters. The van der Waals surface area contributed by atoms with Crippen molar-refractivity contribution in [1.82, 2.24) is 10.1 Å². The molecule has 120 valence electrons. The fraction of sp³-hybridized carbons (Fsp3) is 0.375. The van der Waals surface area contributed by atoms with E-state index in [0.29, 0.717) is 23.6 Å². The van der Waals surface area contributed by atoms with Gasteiger partial charge in [-0.05, 0) is 45.2 Å². The molecule has 0 unspecified atom stereocenters. The van der Waals surface area contributed by atoms with Crippen LogP contribution in [-0.4, -0.2) is 16.0 Å². The third-order valence-electron chi connectivity index (χ3n) is 3.93. The molecule has 2 aromatic rings. The molecule has 2 heterocycles. The lowest BCUT2D eigenvalue weighted by Crippen LogP contribution is -2.18. The van der Waals surface area contributed by atoms with Crippen molar-refractivity contribution in [3.05, 3.63) is 44.0 Å². The minimum Gasteiger partial charge on any atom is -0.338 e. The maximum atomic E-state index is 12.1. The highest BCUT2D eigenvalue weighted by Gasteiger charge is 2.15. The Labute approximate surface area is 133 Å². The van der Waals surface area contributed by atoms with E-state index in [1.54, 1.807) is 20.8 Å². The maximum Gasteiger partial charge on any atom is 0.266 e. The van der Waals surface area contributed by atoms with Crippen molar-refractivity contribution in [2.24, 2.45) is 0 Å². The van der Waals surface area contributed by atoms with Crippen molar-refractivity contribution in [1.29, 1.82) is 5.26 Å². The minimum atomic E-state index is -0.400. The van der Waals surface area contributed by atoms with Crippen LogP contribution < -0.4 is 10.9 Å². The van der Waals surface area contributed by atoms with Crippen molar-refractivity contribution < 1.29 is 9.32 Å². The Kier molecular flexibility index (Phi) is 4.65. The van der Waals surface area contributed by atoms with E-state index in [0.717, 1.165) is 16.8 Å². The summed E-state index contributed by atoms with van der Waals surface area (Å²) >= 11 is 0. The monoisotopic (exact) mass is 314 g/mol. The first-order valence-corrected chi connectivity index (χ1v) is 7.20. The van der Waals surface area contributed by atoms with Crippen molar-refractivity contribution in [2.45, 2.75) is 40.5 Å². The van der Waals surface area contributed by atoms with Gasteiger partial charge in [-0.1, -0.05) is 5.16 Å². The summed E-state index contributed by atoms with van der Waals surface area (Å²) in [6.45, 7) is 7.09. The Bertz CT molecular complexity index is 855.